The monoisotopic (exact) mass is 286 g/mol. The Labute approximate surface area is 124 Å². The number of rotatable bonds is 2. The summed E-state index contributed by atoms with van der Waals surface area (Å²) in [4.78, 5) is 14.6. The van der Waals surface area contributed by atoms with Crippen LogP contribution < -0.4 is 5.73 Å². The molecule has 1 aromatic carbocycles. The number of amides is 1. The fourth-order valence-corrected chi connectivity index (χ4v) is 3.15. The summed E-state index contributed by atoms with van der Waals surface area (Å²) in [5.41, 5.74) is 7.77. The van der Waals surface area contributed by atoms with E-state index in [1.807, 2.05) is 36.1 Å². The van der Waals surface area contributed by atoms with Crippen molar-refractivity contribution in [1.29, 1.82) is 0 Å². The van der Waals surface area contributed by atoms with Crippen molar-refractivity contribution in [2.45, 2.75) is 32.7 Å². The topological polar surface area (TPSA) is 59.5 Å². The van der Waals surface area contributed by atoms with Crippen LogP contribution in [0.1, 0.15) is 35.9 Å². The van der Waals surface area contributed by atoms with Crippen molar-refractivity contribution >= 4 is 16.9 Å². The summed E-state index contributed by atoms with van der Waals surface area (Å²) in [7, 11) is 0. The normalized spacial score (nSPS) is 22.7. The van der Waals surface area contributed by atoms with Crippen LogP contribution in [0.2, 0.25) is 0 Å². The van der Waals surface area contributed by atoms with Gasteiger partial charge < -0.3 is 15.1 Å². The van der Waals surface area contributed by atoms with Crippen LogP contribution >= 0.6 is 0 Å². The van der Waals surface area contributed by atoms with E-state index in [-0.39, 0.29) is 11.9 Å². The van der Waals surface area contributed by atoms with E-state index < -0.39 is 0 Å². The molecule has 0 radical (unpaired) electrons. The molecule has 1 aliphatic heterocycles. The van der Waals surface area contributed by atoms with Crippen LogP contribution in [-0.4, -0.2) is 29.9 Å². The van der Waals surface area contributed by atoms with Gasteiger partial charge >= 0.3 is 0 Å². The zero-order chi connectivity index (χ0) is 15.0. The molecule has 2 N–H and O–H groups in total. The van der Waals surface area contributed by atoms with Gasteiger partial charge in [-0.05, 0) is 43.9 Å². The van der Waals surface area contributed by atoms with Crippen molar-refractivity contribution in [1.82, 2.24) is 4.90 Å². The molecule has 1 aromatic heterocycles. The Morgan fingerprint density at radius 1 is 1.43 bits per heavy atom. The van der Waals surface area contributed by atoms with E-state index in [4.69, 9.17) is 10.2 Å². The highest BCUT2D eigenvalue weighted by Gasteiger charge is 2.31. The number of piperidine rings is 1. The molecule has 1 amide bonds. The van der Waals surface area contributed by atoms with Crippen molar-refractivity contribution in [3.63, 3.8) is 0 Å². The minimum Gasteiger partial charge on any atom is -0.451 e. The van der Waals surface area contributed by atoms with Gasteiger partial charge in [0.05, 0.1) is 0 Å². The van der Waals surface area contributed by atoms with Crippen LogP contribution in [0.3, 0.4) is 0 Å². The highest BCUT2D eigenvalue weighted by molar-refractivity contribution is 5.96. The second-order valence-corrected chi connectivity index (χ2v) is 6.17. The Bertz CT molecular complexity index is 662. The molecular formula is C17H22N2O2. The van der Waals surface area contributed by atoms with Gasteiger partial charge in [0.15, 0.2) is 5.76 Å². The fraction of sp³-hybridized carbons (Fsp3) is 0.471. The molecule has 112 valence electrons. The van der Waals surface area contributed by atoms with Gasteiger partial charge in [-0.25, -0.2) is 0 Å². The quantitative estimate of drug-likeness (QED) is 0.923. The lowest BCUT2D eigenvalue weighted by Crippen LogP contribution is -2.49. The molecule has 1 fully saturated rings. The Kier molecular flexibility index (Phi) is 3.72. The van der Waals surface area contributed by atoms with Gasteiger partial charge in [-0.2, -0.15) is 0 Å². The van der Waals surface area contributed by atoms with Crippen LogP contribution in [0.4, 0.5) is 0 Å². The molecule has 2 unspecified atom stereocenters. The van der Waals surface area contributed by atoms with Crippen molar-refractivity contribution in [2.75, 3.05) is 13.1 Å². The molecule has 2 atom stereocenters. The molecule has 4 nitrogen and oxygen atoms in total. The van der Waals surface area contributed by atoms with E-state index in [0.29, 0.717) is 18.2 Å². The Balaban J connectivity index is 1.88. The summed E-state index contributed by atoms with van der Waals surface area (Å²) in [5.74, 6) is 1.01. The first-order valence-electron chi connectivity index (χ1n) is 7.59. The highest BCUT2D eigenvalue weighted by atomic mass is 16.3. The SMILES string of the molecule is Cc1ccc2oc(C(=O)N3CCC(C)CC3CN)cc2c1. The van der Waals surface area contributed by atoms with Crippen LogP contribution in [0, 0.1) is 12.8 Å². The maximum Gasteiger partial charge on any atom is 0.289 e. The summed E-state index contributed by atoms with van der Waals surface area (Å²) >= 11 is 0. The Hall–Kier alpha value is -1.81. The second kappa shape index (κ2) is 5.53. The number of nitrogens with zero attached hydrogens (tertiary/aromatic N) is 1. The number of hydrogen-bond donors (Lipinski definition) is 1. The number of aryl methyl sites for hydroxylation is 1. The van der Waals surface area contributed by atoms with Gasteiger partial charge in [-0.15, -0.1) is 0 Å². The van der Waals surface area contributed by atoms with E-state index in [1.165, 1.54) is 0 Å². The lowest BCUT2D eigenvalue weighted by Gasteiger charge is -2.37. The number of carbonyl (C=O) groups excluding carboxylic acids is 1. The molecule has 1 saturated heterocycles. The van der Waals surface area contributed by atoms with Gasteiger partial charge in [0.25, 0.3) is 5.91 Å². The van der Waals surface area contributed by atoms with Crippen molar-refractivity contribution in [2.24, 2.45) is 11.7 Å². The molecular weight excluding hydrogens is 264 g/mol. The lowest BCUT2D eigenvalue weighted by atomic mass is 9.92. The maximum atomic E-state index is 12.7. The smallest absolute Gasteiger partial charge is 0.289 e. The molecule has 0 bridgehead atoms. The zero-order valence-corrected chi connectivity index (χ0v) is 12.6. The maximum absolute atomic E-state index is 12.7. The van der Waals surface area contributed by atoms with Crippen LogP contribution in [0.25, 0.3) is 11.0 Å². The first-order chi connectivity index (χ1) is 10.1. The molecule has 0 aliphatic carbocycles. The van der Waals surface area contributed by atoms with Crippen LogP contribution in [0.5, 0.6) is 0 Å². The first kappa shape index (κ1) is 14.1. The van der Waals surface area contributed by atoms with Gasteiger partial charge in [0.1, 0.15) is 5.58 Å². The van der Waals surface area contributed by atoms with E-state index in [1.54, 1.807) is 0 Å². The summed E-state index contributed by atoms with van der Waals surface area (Å²) in [5, 5.41) is 0.980. The number of nitrogens with two attached hydrogens (primary N) is 1. The Morgan fingerprint density at radius 3 is 3.00 bits per heavy atom. The van der Waals surface area contributed by atoms with Gasteiger partial charge in [0, 0.05) is 24.5 Å². The van der Waals surface area contributed by atoms with Crippen LogP contribution in [-0.2, 0) is 0 Å². The second-order valence-electron chi connectivity index (χ2n) is 6.17. The summed E-state index contributed by atoms with van der Waals surface area (Å²) in [6, 6.07) is 7.91. The largest absolute Gasteiger partial charge is 0.451 e. The highest BCUT2D eigenvalue weighted by Crippen LogP contribution is 2.26. The average molecular weight is 286 g/mol. The number of likely N-dealkylation sites (tertiary alicyclic amines) is 1. The third-order valence-corrected chi connectivity index (χ3v) is 4.39. The van der Waals surface area contributed by atoms with Crippen LogP contribution in [0.15, 0.2) is 28.7 Å². The Morgan fingerprint density at radius 2 is 2.24 bits per heavy atom. The number of carbonyl (C=O) groups is 1. The number of benzene rings is 1. The number of furan rings is 1. The summed E-state index contributed by atoms with van der Waals surface area (Å²) in [6.45, 7) is 5.52. The van der Waals surface area contributed by atoms with E-state index in [2.05, 4.69) is 6.92 Å². The lowest BCUT2D eigenvalue weighted by molar-refractivity contribution is 0.0544. The van der Waals surface area contributed by atoms with E-state index >= 15 is 0 Å². The molecule has 3 rings (SSSR count). The third kappa shape index (κ3) is 2.68. The predicted octanol–water partition coefficient (Wildman–Crippen LogP) is 2.94. The van der Waals surface area contributed by atoms with Crippen molar-refractivity contribution in [3.05, 3.63) is 35.6 Å². The first-order valence-corrected chi connectivity index (χ1v) is 7.59. The molecule has 2 aromatic rings. The minimum absolute atomic E-state index is 0.0359. The standard InChI is InChI=1S/C17H22N2O2/c1-11-3-4-15-13(7-11)9-16(21-15)17(20)19-6-5-12(2)8-14(19)10-18/h3-4,7,9,12,14H,5-6,8,10,18H2,1-2H3. The zero-order valence-electron chi connectivity index (χ0n) is 12.6. The number of hydrogen-bond acceptors (Lipinski definition) is 3. The molecule has 4 heteroatoms. The average Bonchev–Trinajstić information content (AvgIpc) is 2.89. The van der Waals surface area contributed by atoms with Crippen molar-refractivity contribution in [3.8, 4) is 0 Å². The summed E-state index contributed by atoms with van der Waals surface area (Å²) in [6.07, 6.45) is 2.00. The molecule has 0 saturated carbocycles. The predicted molar refractivity (Wildman–Crippen MR) is 83.2 cm³/mol. The van der Waals surface area contributed by atoms with E-state index in [9.17, 15) is 4.79 Å². The number of fused-ring (bicyclic) bond motifs is 1. The fourth-order valence-electron chi connectivity index (χ4n) is 3.15. The molecule has 0 spiro atoms. The molecule has 2 heterocycles. The minimum atomic E-state index is -0.0359. The van der Waals surface area contributed by atoms with Gasteiger partial charge in [-0.1, -0.05) is 18.6 Å². The van der Waals surface area contributed by atoms with Crippen molar-refractivity contribution < 1.29 is 9.21 Å². The summed E-state index contributed by atoms with van der Waals surface area (Å²) < 4.78 is 5.73. The van der Waals surface area contributed by atoms with Gasteiger partial charge in [-0.3, -0.25) is 4.79 Å². The third-order valence-electron chi connectivity index (χ3n) is 4.39. The molecule has 21 heavy (non-hydrogen) atoms. The van der Waals surface area contributed by atoms with Gasteiger partial charge in [0.2, 0.25) is 0 Å². The van der Waals surface area contributed by atoms with E-state index in [0.717, 1.165) is 35.9 Å². The molecule has 1 aliphatic rings.